The largest absolute Gasteiger partial charge is 0.335 e. The molecule has 0 atom stereocenters. The zero-order chi connectivity index (χ0) is 17.9. The molecule has 26 heavy (non-hydrogen) atoms. The van der Waals surface area contributed by atoms with E-state index in [2.05, 4.69) is 40.5 Å². The van der Waals surface area contributed by atoms with Gasteiger partial charge in [0.2, 0.25) is 0 Å². The molecule has 2 amide bonds. The van der Waals surface area contributed by atoms with Crippen LogP contribution in [-0.2, 0) is 19.5 Å². The summed E-state index contributed by atoms with van der Waals surface area (Å²) < 4.78 is 0.852. The highest BCUT2D eigenvalue weighted by atomic mass is 35.5. The van der Waals surface area contributed by atoms with Gasteiger partial charge in [-0.15, -0.1) is 11.3 Å². The van der Waals surface area contributed by atoms with Gasteiger partial charge in [0.25, 0.3) is 0 Å². The van der Waals surface area contributed by atoms with Crippen LogP contribution in [0.5, 0.6) is 0 Å². The minimum Gasteiger partial charge on any atom is -0.335 e. The number of halogens is 1. The van der Waals surface area contributed by atoms with E-state index in [0.717, 1.165) is 56.3 Å². The molecule has 3 heterocycles. The molecule has 0 radical (unpaired) electrons. The maximum atomic E-state index is 12.6. The Morgan fingerprint density at radius 3 is 2.62 bits per heavy atom. The van der Waals surface area contributed by atoms with Crippen molar-refractivity contribution in [1.29, 1.82) is 0 Å². The van der Waals surface area contributed by atoms with Crippen LogP contribution < -0.4 is 5.32 Å². The molecule has 0 unspecified atom stereocenters. The fourth-order valence-corrected chi connectivity index (χ4v) is 4.96. The molecule has 2 aliphatic heterocycles. The number of carbonyl (C=O) groups is 1. The van der Waals surface area contributed by atoms with Crippen LogP contribution in [0.2, 0.25) is 4.34 Å². The molecule has 0 bridgehead atoms. The second kappa shape index (κ2) is 7.99. The van der Waals surface area contributed by atoms with Gasteiger partial charge in [0.05, 0.1) is 4.34 Å². The number of nitrogens with one attached hydrogen (secondary N) is 1. The summed E-state index contributed by atoms with van der Waals surface area (Å²) in [5, 5.41) is 3.25. The third-order valence-electron chi connectivity index (χ3n) is 5.34. The van der Waals surface area contributed by atoms with E-state index >= 15 is 0 Å². The maximum Gasteiger partial charge on any atom is 0.317 e. The first-order valence-corrected chi connectivity index (χ1v) is 10.5. The Kier molecular flexibility index (Phi) is 5.48. The number of amides is 2. The molecule has 1 aromatic carbocycles. The topological polar surface area (TPSA) is 35.6 Å². The first-order chi connectivity index (χ1) is 12.7. The minimum atomic E-state index is 0.0861. The summed E-state index contributed by atoms with van der Waals surface area (Å²) in [6.07, 6.45) is 2.97. The summed E-state index contributed by atoms with van der Waals surface area (Å²) in [4.78, 5) is 18.3. The van der Waals surface area contributed by atoms with Crippen molar-refractivity contribution >= 4 is 29.0 Å². The number of fused-ring (bicyclic) bond motifs is 1. The molecular formula is C20H24ClN3OS. The molecule has 1 fully saturated rings. The number of carbonyl (C=O) groups excluding carboxylic acids is 1. The standard InChI is InChI=1S/C20H24ClN3OS/c21-19-6-5-18(26-19)14-23-10-8-17(9-11-23)22-20(25)24-12-7-15-3-1-2-4-16(15)13-24/h1-6,17H,7-14H2,(H,22,25). The summed E-state index contributed by atoms with van der Waals surface area (Å²) in [7, 11) is 0. The normalized spacial score (nSPS) is 18.6. The third-order valence-corrected chi connectivity index (χ3v) is 6.56. The minimum absolute atomic E-state index is 0.0861. The van der Waals surface area contributed by atoms with Crippen LogP contribution in [0, 0.1) is 0 Å². The van der Waals surface area contributed by atoms with E-state index < -0.39 is 0 Å². The second-order valence-electron chi connectivity index (χ2n) is 7.15. The lowest BCUT2D eigenvalue weighted by Gasteiger charge is -2.34. The van der Waals surface area contributed by atoms with E-state index in [0.29, 0.717) is 0 Å². The van der Waals surface area contributed by atoms with Gasteiger partial charge in [-0.2, -0.15) is 0 Å². The molecule has 4 nitrogen and oxygen atoms in total. The number of likely N-dealkylation sites (tertiary alicyclic amines) is 1. The predicted molar refractivity (Wildman–Crippen MR) is 107 cm³/mol. The molecule has 6 heteroatoms. The smallest absolute Gasteiger partial charge is 0.317 e. The van der Waals surface area contributed by atoms with E-state index in [1.165, 1.54) is 16.0 Å². The number of urea groups is 1. The maximum absolute atomic E-state index is 12.6. The van der Waals surface area contributed by atoms with Crippen LogP contribution in [0.25, 0.3) is 0 Å². The predicted octanol–water partition coefficient (Wildman–Crippen LogP) is 4.13. The number of rotatable bonds is 3. The number of hydrogen-bond donors (Lipinski definition) is 1. The highest BCUT2D eigenvalue weighted by Crippen LogP contribution is 2.24. The number of piperidine rings is 1. The summed E-state index contributed by atoms with van der Waals surface area (Å²) in [5.41, 5.74) is 2.65. The summed E-state index contributed by atoms with van der Waals surface area (Å²) in [6.45, 7) is 4.52. The van der Waals surface area contributed by atoms with Crippen LogP contribution in [0.4, 0.5) is 4.79 Å². The van der Waals surface area contributed by atoms with Crippen molar-refractivity contribution in [2.75, 3.05) is 19.6 Å². The fraction of sp³-hybridized carbons (Fsp3) is 0.450. The first kappa shape index (κ1) is 17.8. The van der Waals surface area contributed by atoms with Gasteiger partial charge in [0.1, 0.15) is 0 Å². The van der Waals surface area contributed by atoms with Crippen LogP contribution in [-0.4, -0.2) is 41.5 Å². The van der Waals surface area contributed by atoms with Crippen molar-refractivity contribution in [2.45, 2.75) is 38.4 Å². The van der Waals surface area contributed by atoms with Gasteiger partial charge >= 0.3 is 6.03 Å². The van der Waals surface area contributed by atoms with Gasteiger partial charge < -0.3 is 10.2 Å². The van der Waals surface area contributed by atoms with E-state index in [1.54, 1.807) is 11.3 Å². The molecule has 2 aliphatic rings. The van der Waals surface area contributed by atoms with Crippen molar-refractivity contribution in [3.05, 3.63) is 56.7 Å². The molecule has 0 aliphatic carbocycles. The molecule has 1 saturated heterocycles. The Morgan fingerprint density at radius 1 is 1.12 bits per heavy atom. The molecular weight excluding hydrogens is 366 g/mol. The first-order valence-electron chi connectivity index (χ1n) is 9.26. The highest BCUT2D eigenvalue weighted by molar-refractivity contribution is 7.16. The molecule has 0 spiro atoms. The lowest BCUT2D eigenvalue weighted by molar-refractivity contribution is 0.166. The lowest BCUT2D eigenvalue weighted by Crippen LogP contribution is -2.50. The van der Waals surface area contributed by atoms with Crippen molar-refractivity contribution in [2.24, 2.45) is 0 Å². The summed E-state index contributed by atoms with van der Waals surface area (Å²) in [6, 6.07) is 12.9. The zero-order valence-corrected chi connectivity index (χ0v) is 16.4. The monoisotopic (exact) mass is 389 g/mol. The quantitative estimate of drug-likeness (QED) is 0.856. The average molecular weight is 390 g/mol. The summed E-state index contributed by atoms with van der Waals surface area (Å²) >= 11 is 7.67. The van der Waals surface area contributed by atoms with Gasteiger partial charge in [-0.05, 0) is 42.5 Å². The molecule has 2 aromatic rings. The Balaban J connectivity index is 1.25. The average Bonchev–Trinajstić information content (AvgIpc) is 3.07. The Labute approximate surface area is 163 Å². The van der Waals surface area contributed by atoms with Crippen molar-refractivity contribution in [1.82, 2.24) is 15.1 Å². The number of hydrogen-bond acceptors (Lipinski definition) is 3. The number of benzene rings is 1. The van der Waals surface area contributed by atoms with Gasteiger partial charge in [0, 0.05) is 43.6 Å². The Morgan fingerprint density at radius 2 is 1.88 bits per heavy atom. The van der Waals surface area contributed by atoms with Gasteiger partial charge in [-0.1, -0.05) is 35.9 Å². The zero-order valence-electron chi connectivity index (χ0n) is 14.8. The van der Waals surface area contributed by atoms with Crippen LogP contribution in [0.3, 0.4) is 0 Å². The highest BCUT2D eigenvalue weighted by Gasteiger charge is 2.25. The number of nitrogens with zero attached hydrogens (tertiary/aromatic N) is 2. The van der Waals surface area contributed by atoms with Crippen molar-refractivity contribution < 1.29 is 4.79 Å². The fourth-order valence-electron chi connectivity index (χ4n) is 3.83. The van der Waals surface area contributed by atoms with Gasteiger partial charge in [-0.3, -0.25) is 4.90 Å². The summed E-state index contributed by atoms with van der Waals surface area (Å²) in [5.74, 6) is 0. The van der Waals surface area contributed by atoms with Crippen molar-refractivity contribution in [3.8, 4) is 0 Å². The Hall–Kier alpha value is -1.56. The molecule has 1 aromatic heterocycles. The van der Waals surface area contributed by atoms with Gasteiger partial charge in [0.15, 0.2) is 0 Å². The van der Waals surface area contributed by atoms with Crippen LogP contribution in [0.15, 0.2) is 36.4 Å². The lowest BCUT2D eigenvalue weighted by atomic mass is 10.00. The Bertz CT molecular complexity index is 770. The van der Waals surface area contributed by atoms with Crippen LogP contribution in [0.1, 0.15) is 28.8 Å². The van der Waals surface area contributed by atoms with E-state index in [9.17, 15) is 4.79 Å². The van der Waals surface area contributed by atoms with Gasteiger partial charge in [-0.25, -0.2) is 4.79 Å². The van der Waals surface area contributed by atoms with E-state index in [-0.39, 0.29) is 12.1 Å². The second-order valence-corrected chi connectivity index (χ2v) is 8.95. The van der Waals surface area contributed by atoms with Crippen LogP contribution >= 0.6 is 22.9 Å². The van der Waals surface area contributed by atoms with E-state index in [1.807, 2.05) is 11.0 Å². The molecule has 138 valence electrons. The van der Waals surface area contributed by atoms with Crippen molar-refractivity contribution in [3.63, 3.8) is 0 Å². The number of thiophene rings is 1. The molecule has 0 saturated carbocycles. The third kappa shape index (κ3) is 4.22. The SMILES string of the molecule is O=C(NC1CCN(Cc2ccc(Cl)s2)CC1)N1CCc2ccccc2C1. The molecule has 4 rings (SSSR count). The molecule has 1 N–H and O–H groups in total. The van der Waals surface area contributed by atoms with E-state index in [4.69, 9.17) is 11.6 Å².